The molecule has 32 heavy (non-hydrogen) atoms. The Morgan fingerprint density at radius 3 is 2.53 bits per heavy atom. The summed E-state index contributed by atoms with van der Waals surface area (Å²) in [5.41, 5.74) is 2.88. The Bertz CT molecular complexity index is 1120. The second-order valence-corrected chi connectivity index (χ2v) is 7.24. The lowest BCUT2D eigenvalue weighted by molar-refractivity contribution is -0.153. The van der Waals surface area contributed by atoms with Gasteiger partial charge < -0.3 is 10.1 Å². The van der Waals surface area contributed by atoms with Gasteiger partial charge in [-0.3, -0.25) is 14.5 Å². The first-order chi connectivity index (χ1) is 15.1. The van der Waals surface area contributed by atoms with E-state index < -0.39 is 12.8 Å². The van der Waals surface area contributed by atoms with Crippen LogP contribution >= 0.6 is 0 Å². The predicted octanol–water partition coefficient (Wildman–Crippen LogP) is 3.94. The monoisotopic (exact) mass is 443 g/mol. The normalized spacial score (nSPS) is 11.1. The van der Waals surface area contributed by atoms with E-state index in [0.29, 0.717) is 40.3 Å². The number of anilines is 1. The molecule has 3 rings (SSSR count). The first-order valence-electron chi connectivity index (χ1n) is 9.61. The highest BCUT2D eigenvalue weighted by molar-refractivity contribution is 5.91. The van der Waals surface area contributed by atoms with Crippen molar-refractivity contribution in [3.05, 3.63) is 70.7 Å². The van der Waals surface area contributed by atoms with Crippen molar-refractivity contribution < 1.29 is 22.7 Å². The van der Waals surface area contributed by atoms with Crippen molar-refractivity contribution in [3.8, 4) is 11.8 Å². The lowest BCUT2D eigenvalue weighted by Crippen LogP contribution is -2.20. The molecule has 10 heteroatoms. The molecule has 0 bridgehead atoms. The Labute approximate surface area is 182 Å². The van der Waals surface area contributed by atoms with Crippen molar-refractivity contribution >= 4 is 11.7 Å². The van der Waals surface area contributed by atoms with Crippen molar-refractivity contribution in [1.29, 1.82) is 5.26 Å². The molecule has 1 aromatic carbocycles. The molecule has 0 atom stereocenters. The fraction of sp³-hybridized carbons (Fsp3) is 0.273. The van der Waals surface area contributed by atoms with Crippen LogP contribution in [0, 0.1) is 25.2 Å². The summed E-state index contributed by atoms with van der Waals surface area (Å²) in [4.78, 5) is 16.6. The molecule has 0 aliphatic heterocycles. The highest BCUT2D eigenvalue weighted by Gasteiger charge is 2.29. The molecule has 7 nitrogen and oxygen atoms in total. The molecule has 0 aliphatic rings. The van der Waals surface area contributed by atoms with Crippen LogP contribution in [0.5, 0.6) is 5.75 Å². The number of halogens is 3. The predicted molar refractivity (Wildman–Crippen MR) is 110 cm³/mol. The third-order valence-electron chi connectivity index (χ3n) is 4.45. The first kappa shape index (κ1) is 22.8. The number of amides is 1. The summed E-state index contributed by atoms with van der Waals surface area (Å²) < 4.78 is 43.7. The number of rotatable bonds is 7. The third-order valence-corrected chi connectivity index (χ3v) is 4.45. The largest absolute Gasteiger partial charge is 0.484 e. The third kappa shape index (κ3) is 6.31. The Kier molecular flexibility index (Phi) is 6.78. The van der Waals surface area contributed by atoms with E-state index in [1.54, 1.807) is 55.1 Å². The number of benzene rings is 1. The van der Waals surface area contributed by atoms with E-state index in [1.807, 2.05) is 6.07 Å². The molecule has 0 radical (unpaired) electrons. The highest BCUT2D eigenvalue weighted by Crippen LogP contribution is 2.27. The molecule has 0 saturated carbocycles. The van der Waals surface area contributed by atoms with E-state index in [9.17, 15) is 18.0 Å². The zero-order valence-electron chi connectivity index (χ0n) is 17.4. The molecular weight excluding hydrogens is 423 g/mol. The minimum absolute atomic E-state index is 0.0330. The topological polar surface area (TPSA) is 92.8 Å². The van der Waals surface area contributed by atoms with Gasteiger partial charge in [0.2, 0.25) is 5.91 Å². The molecule has 1 N–H and O–H groups in total. The maximum atomic E-state index is 12.4. The average Bonchev–Trinajstić information content (AvgIpc) is 3.13. The molecule has 166 valence electrons. The number of alkyl halides is 3. The van der Waals surface area contributed by atoms with Gasteiger partial charge in [0.25, 0.3) is 0 Å². The number of aryl methyl sites for hydroxylation is 2. The number of aromatic nitrogens is 3. The zero-order valence-corrected chi connectivity index (χ0v) is 17.4. The van der Waals surface area contributed by atoms with E-state index in [2.05, 4.69) is 15.4 Å². The second-order valence-electron chi connectivity index (χ2n) is 7.24. The van der Waals surface area contributed by atoms with Crippen LogP contribution in [0.2, 0.25) is 0 Å². The van der Waals surface area contributed by atoms with Crippen LogP contribution in [-0.4, -0.2) is 33.5 Å². The summed E-state index contributed by atoms with van der Waals surface area (Å²) in [6.45, 7) is 2.28. The van der Waals surface area contributed by atoms with Crippen molar-refractivity contribution in [2.75, 3.05) is 11.9 Å². The maximum Gasteiger partial charge on any atom is 0.422 e. The molecule has 1 amide bonds. The average molecular weight is 443 g/mol. The number of carbonyl (C=O) groups excluding carboxylic acids is 1. The number of carbonyl (C=O) groups is 1. The first-order valence-corrected chi connectivity index (χ1v) is 9.61. The van der Waals surface area contributed by atoms with Crippen LogP contribution < -0.4 is 10.1 Å². The Hall–Kier alpha value is -3.87. The van der Waals surface area contributed by atoms with Gasteiger partial charge in [-0.25, -0.2) is 0 Å². The van der Waals surface area contributed by atoms with Gasteiger partial charge in [-0.2, -0.15) is 23.5 Å². The molecule has 0 spiro atoms. The van der Waals surface area contributed by atoms with Gasteiger partial charge in [0.15, 0.2) is 12.4 Å². The molecule has 3 aromatic rings. The molecule has 2 aromatic heterocycles. The lowest BCUT2D eigenvalue weighted by atomic mass is 10.0. The summed E-state index contributed by atoms with van der Waals surface area (Å²) >= 11 is 0. The van der Waals surface area contributed by atoms with Gasteiger partial charge in [-0.05, 0) is 42.7 Å². The van der Waals surface area contributed by atoms with Gasteiger partial charge in [-0.1, -0.05) is 12.1 Å². The summed E-state index contributed by atoms with van der Waals surface area (Å²) in [7, 11) is 0. The number of nitrogens with zero attached hydrogens (tertiary/aromatic N) is 4. The SMILES string of the molecule is Cc1cc(CC(=O)Nc2ccn(Cc3ccc(C#N)cn3)n2)cc(C)c1OCC(F)(F)F. The van der Waals surface area contributed by atoms with Crippen LogP contribution in [0.25, 0.3) is 0 Å². The Morgan fingerprint density at radius 2 is 1.94 bits per heavy atom. The van der Waals surface area contributed by atoms with Crippen molar-refractivity contribution in [1.82, 2.24) is 14.8 Å². The Balaban J connectivity index is 1.59. The summed E-state index contributed by atoms with van der Waals surface area (Å²) in [5, 5.41) is 15.8. The molecule has 2 heterocycles. The van der Waals surface area contributed by atoms with Gasteiger partial charge in [-0.15, -0.1) is 0 Å². The van der Waals surface area contributed by atoms with Gasteiger partial charge >= 0.3 is 6.18 Å². The number of ether oxygens (including phenoxy) is 1. The van der Waals surface area contributed by atoms with Crippen LogP contribution in [0.1, 0.15) is 27.9 Å². The van der Waals surface area contributed by atoms with Crippen molar-refractivity contribution in [2.24, 2.45) is 0 Å². The van der Waals surface area contributed by atoms with Crippen LogP contribution in [0.4, 0.5) is 19.0 Å². The van der Waals surface area contributed by atoms with E-state index in [-0.39, 0.29) is 18.1 Å². The number of pyridine rings is 1. The minimum atomic E-state index is -4.42. The van der Waals surface area contributed by atoms with Crippen LogP contribution in [0.3, 0.4) is 0 Å². The number of nitriles is 1. The number of hydrogen-bond acceptors (Lipinski definition) is 5. The fourth-order valence-corrected chi connectivity index (χ4v) is 3.16. The summed E-state index contributed by atoms with van der Waals surface area (Å²) in [6.07, 6.45) is -1.22. The van der Waals surface area contributed by atoms with Gasteiger partial charge in [0.1, 0.15) is 11.8 Å². The van der Waals surface area contributed by atoms with E-state index in [1.165, 1.54) is 6.20 Å². The van der Waals surface area contributed by atoms with Crippen molar-refractivity contribution in [2.45, 2.75) is 33.0 Å². The molecular formula is C22H20F3N5O2. The minimum Gasteiger partial charge on any atom is -0.484 e. The van der Waals surface area contributed by atoms with Crippen molar-refractivity contribution in [3.63, 3.8) is 0 Å². The fourth-order valence-electron chi connectivity index (χ4n) is 3.16. The zero-order chi connectivity index (χ0) is 23.3. The quantitative estimate of drug-likeness (QED) is 0.597. The molecule has 0 unspecified atom stereocenters. The van der Waals surface area contributed by atoms with Gasteiger partial charge in [0.05, 0.1) is 24.2 Å². The molecule has 0 aliphatic carbocycles. The van der Waals surface area contributed by atoms with Gasteiger partial charge in [0, 0.05) is 18.5 Å². The number of hydrogen-bond donors (Lipinski definition) is 1. The number of nitrogens with one attached hydrogen (secondary N) is 1. The van der Waals surface area contributed by atoms with E-state index >= 15 is 0 Å². The maximum absolute atomic E-state index is 12.4. The molecule has 0 saturated heterocycles. The van der Waals surface area contributed by atoms with Crippen LogP contribution in [-0.2, 0) is 17.8 Å². The summed E-state index contributed by atoms with van der Waals surface area (Å²) in [5.74, 6) is 0.221. The molecule has 0 fully saturated rings. The van der Waals surface area contributed by atoms with Crippen LogP contribution in [0.15, 0.2) is 42.7 Å². The smallest absolute Gasteiger partial charge is 0.422 e. The van der Waals surface area contributed by atoms with E-state index in [4.69, 9.17) is 10.00 Å². The standard InChI is InChI=1S/C22H20F3N5O2/c1-14-7-17(8-15(2)21(14)32-13-22(23,24)25)9-20(31)28-19-5-6-30(29-19)12-18-4-3-16(10-26)11-27-18/h3-8,11H,9,12-13H2,1-2H3,(H,28,29,31). The lowest BCUT2D eigenvalue weighted by Gasteiger charge is -2.15. The highest BCUT2D eigenvalue weighted by atomic mass is 19.4. The second kappa shape index (κ2) is 9.51. The van der Waals surface area contributed by atoms with E-state index in [0.717, 1.165) is 0 Å². The summed E-state index contributed by atoms with van der Waals surface area (Å²) in [6, 6.07) is 10.3. The Morgan fingerprint density at radius 1 is 1.22 bits per heavy atom.